The molecule has 0 saturated heterocycles. The summed E-state index contributed by atoms with van der Waals surface area (Å²) in [6.45, 7) is 0. The van der Waals surface area contributed by atoms with Crippen LogP contribution >= 0.6 is 0 Å². The van der Waals surface area contributed by atoms with Gasteiger partial charge in [0.2, 0.25) is 0 Å². The highest BCUT2D eigenvalue weighted by Crippen LogP contribution is 2.05. The Kier molecular flexibility index (Phi) is 3.82. The van der Waals surface area contributed by atoms with Crippen molar-refractivity contribution < 1.29 is 9.90 Å². The van der Waals surface area contributed by atoms with E-state index >= 15 is 0 Å². The van der Waals surface area contributed by atoms with E-state index in [0.717, 1.165) is 0 Å². The van der Waals surface area contributed by atoms with Gasteiger partial charge >= 0.3 is 5.97 Å². The molecule has 0 aliphatic carbocycles. The minimum absolute atomic E-state index is 0.0387. The molecule has 0 aromatic carbocycles. The fourth-order valence-corrected chi connectivity index (χ4v) is 0.957. The number of nitrogens with one attached hydrogen (secondary N) is 1. The Morgan fingerprint density at radius 2 is 2.38 bits per heavy atom. The second kappa shape index (κ2) is 5.32. The van der Waals surface area contributed by atoms with E-state index in [1.54, 1.807) is 6.07 Å². The lowest BCUT2D eigenvalue weighted by Crippen LogP contribution is -2.29. The molecule has 1 rings (SSSR count). The van der Waals surface area contributed by atoms with Crippen molar-refractivity contribution in [2.75, 3.05) is 5.32 Å². The highest BCUT2D eigenvalue weighted by atomic mass is 16.4. The van der Waals surface area contributed by atoms with Crippen molar-refractivity contribution in [1.82, 2.24) is 9.97 Å². The van der Waals surface area contributed by atoms with Crippen LogP contribution in [0.2, 0.25) is 0 Å². The van der Waals surface area contributed by atoms with E-state index in [9.17, 15) is 4.79 Å². The van der Waals surface area contributed by atoms with Crippen LogP contribution in [0.5, 0.6) is 0 Å². The molecule has 0 spiro atoms. The molecule has 0 amide bonds. The summed E-state index contributed by atoms with van der Waals surface area (Å²) >= 11 is 0. The summed E-state index contributed by atoms with van der Waals surface area (Å²) in [6, 6.07) is 0.895. The van der Waals surface area contributed by atoms with Gasteiger partial charge in [0.1, 0.15) is 17.9 Å². The predicted molar refractivity (Wildman–Crippen MR) is 55.2 cm³/mol. The minimum Gasteiger partial charge on any atom is -0.480 e. The monoisotopic (exact) mass is 216 g/mol. The second-order valence-corrected chi connectivity index (χ2v) is 2.84. The van der Waals surface area contributed by atoms with Gasteiger partial charge < -0.3 is 10.4 Å². The summed E-state index contributed by atoms with van der Waals surface area (Å²) in [5.41, 5.74) is 0.161. The molecule has 0 radical (unpaired) electrons. The molecular weight excluding hydrogens is 208 g/mol. The van der Waals surface area contributed by atoms with Crippen LogP contribution in [-0.2, 0) is 4.79 Å². The van der Waals surface area contributed by atoms with Gasteiger partial charge in [-0.3, -0.25) is 0 Å². The number of aliphatic carboxylic acids is 1. The number of carboxylic acids is 1. The third-order valence-corrected chi connectivity index (χ3v) is 1.71. The van der Waals surface area contributed by atoms with Gasteiger partial charge in [-0.2, -0.15) is 5.26 Å². The van der Waals surface area contributed by atoms with Gasteiger partial charge in [0.25, 0.3) is 0 Å². The molecule has 0 aliphatic rings. The second-order valence-electron chi connectivity index (χ2n) is 2.84. The van der Waals surface area contributed by atoms with E-state index in [1.165, 1.54) is 12.4 Å². The average molecular weight is 216 g/mol. The Hall–Kier alpha value is -2.60. The molecule has 16 heavy (non-hydrogen) atoms. The van der Waals surface area contributed by atoms with Gasteiger partial charge in [0.15, 0.2) is 5.69 Å². The molecule has 1 aromatic heterocycles. The molecular formula is C10H8N4O2. The molecule has 1 heterocycles. The maximum absolute atomic E-state index is 10.8. The normalized spacial score (nSPS) is 10.9. The number of terminal acetylenes is 1. The quantitative estimate of drug-likeness (QED) is 0.699. The Morgan fingerprint density at radius 1 is 1.62 bits per heavy atom. The number of hydrogen-bond acceptors (Lipinski definition) is 5. The first-order valence-corrected chi connectivity index (χ1v) is 4.32. The van der Waals surface area contributed by atoms with Crippen LogP contribution in [-0.4, -0.2) is 27.1 Å². The number of nitriles is 1. The number of hydrogen-bond donors (Lipinski definition) is 2. The number of nitrogens with zero attached hydrogens (tertiary/aromatic N) is 3. The maximum Gasteiger partial charge on any atom is 0.327 e. The fourth-order valence-electron chi connectivity index (χ4n) is 0.957. The van der Waals surface area contributed by atoms with Crippen LogP contribution in [0.25, 0.3) is 0 Å². The van der Waals surface area contributed by atoms with Crippen LogP contribution in [0.4, 0.5) is 5.82 Å². The average Bonchev–Trinajstić information content (AvgIpc) is 2.29. The van der Waals surface area contributed by atoms with Crippen LogP contribution < -0.4 is 5.32 Å². The molecule has 2 N–H and O–H groups in total. The third kappa shape index (κ3) is 2.96. The fraction of sp³-hybridized carbons (Fsp3) is 0.200. The topological polar surface area (TPSA) is 98.9 Å². The maximum atomic E-state index is 10.8. The molecule has 0 fully saturated rings. The standard InChI is InChI=1S/C10H8N4O2/c1-2-3-8(10(15)16)14-9-6-12-7(4-11)5-13-9/h1,5-6,8H,3H2,(H,13,14)(H,15,16). The molecule has 1 aromatic rings. The largest absolute Gasteiger partial charge is 0.480 e. The molecule has 1 atom stereocenters. The summed E-state index contributed by atoms with van der Waals surface area (Å²) in [5, 5.41) is 19.9. The summed E-state index contributed by atoms with van der Waals surface area (Å²) in [5.74, 6) is 1.45. The Balaban J connectivity index is 2.75. The number of carbonyl (C=O) groups is 1. The zero-order valence-corrected chi connectivity index (χ0v) is 8.21. The summed E-state index contributed by atoms with van der Waals surface area (Å²) < 4.78 is 0. The third-order valence-electron chi connectivity index (χ3n) is 1.71. The molecule has 1 unspecified atom stereocenters. The van der Waals surface area contributed by atoms with E-state index < -0.39 is 12.0 Å². The van der Waals surface area contributed by atoms with E-state index in [-0.39, 0.29) is 17.9 Å². The molecule has 6 nitrogen and oxygen atoms in total. The number of anilines is 1. The van der Waals surface area contributed by atoms with Crippen molar-refractivity contribution in [3.8, 4) is 18.4 Å². The lowest BCUT2D eigenvalue weighted by molar-refractivity contribution is -0.137. The predicted octanol–water partition coefficient (Wildman–Crippen LogP) is 0.237. The van der Waals surface area contributed by atoms with Gasteiger partial charge in [-0.05, 0) is 0 Å². The van der Waals surface area contributed by atoms with Gasteiger partial charge in [0.05, 0.1) is 12.4 Å². The van der Waals surface area contributed by atoms with Crippen molar-refractivity contribution in [3.63, 3.8) is 0 Å². The van der Waals surface area contributed by atoms with Crippen molar-refractivity contribution in [2.45, 2.75) is 12.5 Å². The van der Waals surface area contributed by atoms with Gasteiger partial charge in [-0.1, -0.05) is 0 Å². The van der Waals surface area contributed by atoms with Crippen molar-refractivity contribution in [1.29, 1.82) is 5.26 Å². The first-order valence-electron chi connectivity index (χ1n) is 4.32. The molecule has 0 saturated carbocycles. The smallest absolute Gasteiger partial charge is 0.327 e. The van der Waals surface area contributed by atoms with Crippen LogP contribution in [0.15, 0.2) is 12.4 Å². The Labute approximate surface area is 92.0 Å². The summed E-state index contributed by atoms with van der Waals surface area (Å²) in [6.07, 6.45) is 7.60. The molecule has 0 bridgehead atoms. The van der Waals surface area contributed by atoms with Gasteiger partial charge in [-0.25, -0.2) is 14.8 Å². The highest BCUT2D eigenvalue weighted by molar-refractivity contribution is 5.77. The van der Waals surface area contributed by atoms with Gasteiger partial charge in [-0.15, -0.1) is 12.3 Å². The summed E-state index contributed by atoms with van der Waals surface area (Å²) in [4.78, 5) is 18.3. The lowest BCUT2D eigenvalue weighted by Gasteiger charge is -2.11. The van der Waals surface area contributed by atoms with Crippen molar-refractivity contribution in [3.05, 3.63) is 18.1 Å². The lowest BCUT2D eigenvalue weighted by atomic mass is 10.2. The first kappa shape index (κ1) is 11.5. The van der Waals surface area contributed by atoms with Gasteiger partial charge in [0, 0.05) is 6.42 Å². The van der Waals surface area contributed by atoms with E-state index in [1.807, 2.05) is 0 Å². The zero-order chi connectivity index (χ0) is 12.0. The van der Waals surface area contributed by atoms with Crippen LogP contribution in [0.1, 0.15) is 12.1 Å². The molecule has 0 aliphatic heterocycles. The number of rotatable bonds is 4. The molecule has 6 heteroatoms. The minimum atomic E-state index is -1.07. The number of aromatic nitrogens is 2. The van der Waals surface area contributed by atoms with Crippen LogP contribution in [0, 0.1) is 23.7 Å². The van der Waals surface area contributed by atoms with E-state index in [4.69, 9.17) is 16.8 Å². The summed E-state index contributed by atoms with van der Waals surface area (Å²) in [7, 11) is 0. The van der Waals surface area contributed by atoms with Crippen LogP contribution in [0.3, 0.4) is 0 Å². The SMILES string of the molecule is C#CCC(Nc1cnc(C#N)cn1)C(=O)O. The van der Waals surface area contributed by atoms with E-state index in [0.29, 0.717) is 0 Å². The number of carboxylic acid groups (broad SMARTS) is 1. The Bertz CT molecular complexity index is 455. The van der Waals surface area contributed by atoms with E-state index in [2.05, 4.69) is 21.2 Å². The van der Waals surface area contributed by atoms with Crippen molar-refractivity contribution >= 4 is 11.8 Å². The molecule has 80 valence electrons. The highest BCUT2D eigenvalue weighted by Gasteiger charge is 2.16. The Morgan fingerprint density at radius 3 is 2.81 bits per heavy atom. The van der Waals surface area contributed by atoms with Crippen molar-refractivity contribution in [2.24, 2.45) is 0 Å². The zero-order valence-electron chi connectivity index (χ0n) is 8.21. The first-order chi connectivity index (χ1) is 7.67.